The number of nitrogens with zero attached hydrogens (tertiary/aromatic N) is 1. The summed E-state index contributed by atoms with van der Waals surface area (Å²) in [5, 5.41) is 18.9. The number of thiophene rings is 1. The normalized spacial score (nSPS) is 10.1. The lowest BCUT2D eigenvalue weighted by atomic mass is 10.1. The van der Waals surface area contributed by atoms with Crippen LogP contribution < -0.4 is 5.73 Å². The molecule has 0 fully saturated rings. The molecule has 0 atom stereocenters. The van der Waals surface area contributed by atoms with Gasteiger partial charge in [0.2, 0.25) is 0 Å². The van der Waals surface area contributed by atoms with Gasteiger partial charge in [0.05, 0.1) is 17.3 Å². The van der Waals surface area contributed by atoms with Crippen LogP contribution in [0.25, 0.3) is 10.1 Å². The van der Waals surface area contributed by atoms with E-state index in [9.17, 15) is 5.11 Å². The van der Waals surface area contributed by atoms with Gasteiger partial charge < -0.3 is 10.8 Å². The zero-order valence-electron chi connectivity index (χ0n) is 6.61. The second-order valence-corrected chi connectivity index (χ2v) is 3.64. The molecule has 2 aromatic rings. The summed E-state index contributed by atoms with van der Waals surface area (Å²) in [5.41, 5.74) is 6.43. The molecule has 4 heteroatoms. The van der Waals surface area contributed by atoms with Crippen LogP contribution >= 0.6 is 11.3 Å². The minimum absolute atomic E-state index is 0.0812. The first-order valence-corrected chi connectivity index (χ1v) is 4.45. The zero-order chi connectivity index (χ0) is 9.42. The number of hydrogen-bond acceptors (Lipinski definition) is 4. The molecule has 0 aliphatic heterocycles. The monoisotopic (exact) mass is 190 g/mol. The van der Waals surface area contributed by atoms with Gasteiger partial charge in [-0.15, -0.1) is 0 Å². The molecule has 0 saturated carbocycles. The first-order chi connectivity index (χ1) is 6.24. The lowest BCUT2D eigenvalue weighted by molar-refractivity contribution is 0.493. The Balaban J connectivity index is 2.97. The summed E-state index contributed by atoms with van der Waals surface area (Å²) in [6.45, 7) is 0. The van der Waals surface area contributed by atoms with Crippen LogP contribution in [0.5, 0.6) is 5.06 Å². The molecule has 0 radical (unpaired) electrons. The fourth-order valence-corrected chi connectivity index (χ4v) is 2.14. The fourth-order valence-electron chi connectivity index (χ4n) is 1.25. The van der Waals surface area contributed by atoms with E-state index >= 15 is 0 Å². The molecule has 3 N–H and O–H groups in total. The van der Waals surface area contributed by atoms with E-state index in [0.29, 0.717) is 16.6 Å². The van der Waals surface area contributed by atoms with Crippen molar-refractivity contribution in [2.45, 2.75) is 0 Å². The molecule has 0 aliphatic rings. The highest BCUT2D eigenvalue weighted by Crippen LogP contribution is 2.40. The lowest BCUT2D eigenvalue weighted by Gasteiger charge is -1.93. The maximum absolute atomic E-state index is 9.35. The van der Waals surface area contributed by atoms with Crippen LogP contribution in [0.1, 0.15) is 5.56 Å². The van der Waals surface area contributed by atoms with Crippen molar-refractivity contribution < 1.29 is 5.11 Å². The van der Waals surface area contributed by atoms with E-state index in [1.54, 1.807) is 12.1 Å². The van der Waals surface area contributed by atoms with Crippen molar-refractivity contribution in [3.8, 4) is 11.1 Å². The minimum atomic E-state index is 0.0812. The van der Waals surface area contributed by atoms with E-state index in [0.717, 1.165) is 4.70 Å². The molecular formula is C9H6N2OS. The minimum Gasteiger partial charge on any atom is -0.498 e. The predicted molar refractivity (Wildman–Crippen MR) is 52.6 cm³/mol. The van der Waals surface area contributed by atoms with Crippen LogP contribution in [-0.2, 0) is 0 Å². The van der Waals surface area contributed by atoms with Crippen molar-refractivity contribution >= 4 is 27.1 Å². The van der Waals surface area contributed by atoms with Gasteiger partial charge in [0.25, 0.3) is 0 Å². The maximum Gasteiger partial charge on any atom is 0.196 e. The van der Waals surface area contributed by atoms with E-state index in [1.807, 2.05) is 12.1 Å². The van der Waals surface area contributed by atoms with Gasteiger partial charge in [-0.2, -0.15) is 5.26 Å². The van der Waals surface area contributed by atoms with E-state index in [1.165, 1.54) is 11.3 Å². The highest BCUT2D eigenvalue weighted by molar-refractivity contribution is 7.21. The van der Waals surface area contributed by atoms with Gasteiger partial charge in [-0.3, -0.25) is 0 Å². The number of nitriles is 1. The lowest BCUT2D eigenvalue weighted by Crippen LogP contribution is -1.84. The Morgan fingerprint density at radius 2 is 2.23 bits per heavy atom. The van der Waals surface area contributed by atoms with Gasteiger partial charge in [-0.05, 0) is 12.1 Å². The summed E-state index contributed by atoms with van der Waals surface area (Å²) < 4.78 is 0.842. The Labute approximate surface area is 78.6 Å². The van der Waals surface area contributed by atoms with E-state index < -0.39 is 0 Å². The van der Waals surface area contributed by atoms with Crippen molar-refractivity contribution in [3.05, 3.63) is 23.8 Å². The quantitative estimate of drug-likeness (QED) is 0.668. The summed E-state index contributed by atoms with van der Waals surface area (Å²) in [7, 11) is 0. The highest BCUT2D eigenvalue weighted by atomic mass is 32.1. The second kappa shape index (κ2) is 2.64. The fraction of sp³-hybridized carbons (Fsp3) is 0. The van der Waals surface area contributed by atoms with Crippen LogP contribution in [0.2, 0.25) is 0 Å². The number of anilines is 1. The van der Waals surface area contributed by atoms with Crippen LogP contribution in [0.15, 0.2) is 18.2 Å². The SMILES string of the molecule is N#Cc1cccc2sc(O)c(N)c12. The third-order valence-electron chi connectivity index (χ3n) is 1.85. The number of hydrogen-bond donors (Lipinski definition) is 2. The van der Waals surface area contributed by atoms with E-state index in [4.69, 9.17) is 11.0 Å². The van der Waals surface area contributed by atoms with Gasteiger partial charge in [0.1, 0.15) is 0 Å². The summed E-state index contributed by atoms with van der Waals surface area (Å²) in [6.07, 6.45) is 0. The van der Waals surface area contributed by atoms with Crippen molar-refractivity contribution in [2.75, 3.05) is 5.73 Å². The topological polar surface area (TPSA) is 70.0 Å². The Bertz CT molecular complexity index is 510. The number of nitrogen functional groups attached to an aromatic ring is 1. The molecule has 3 nitrogen and oxygen atoms in total. The molecule has 1 aromatic heterocycles. The average molecular weight is 190 g/mol. The number of benzene rings is 1. The van der Waals surface area contributed by atoms with Crippen molar-refractivity contribution in [1.29, 1.82) is 5.26 Å². The molecule has 1 heterocycles. The number of nitrogens with two attached hydrogens (primary N) is 1. The summed E-state index contributed by atoms with van der Waals surface area (Å²) in [4.78, 5) is 0. The molecule has 0 unspecified atom stereocenters. The third-order valence-corrected chi connectivity index (χ3v) is 2.83. The molecule has 2 rings (SSSR count). The van der Waals surface area contributed by atoms with Crippen molar-refractivity contribution in [1.82, 2.24) is 0 Å². The molecule has 0 amide bonds. The summed E-state index contributed by atoms with van der Waals surface area (Å²) >= 11 is 1.19. The second-order valence-electron chi connectivity index (χ2n) is 2.61. The van der Waals surface area contributed by atoms with E-state index in [-0.39, 0.29) is 5.06 Å². The number of rotatable bonds is 0. The van der Waals surface area contributed by atoms with Gasteiger partial charge in [0.15, 0.2) is 5.06 Å². The number of fused-ring (bicyclic) bond motifs is 1. The molecule has 64 valence electrons. The molecule has 1 aromatic carbocycles. The van der Waals surface area contributed by atoms with Crippen LogP contribution in [0, 0.1) is 11.3 Å². The van der Waals surface area contributed by atoms with Gasteiger partial charge in [-0.1, -0.05) is 17.4 Å². The number of aromatic hydroxyl groups is 1. The maximum atomic E-state index is 9.35. The smallest absolute Gasteiger partial charge is 0.196 e. The van der Waals surface area contributed by atoms with Crippen LogP contribution in [0.4, 0.5) is 5.69 Å². The van der Waals surface area contributed by atoms with Crippen molar-refractivity contribution in [2.24, 2.45) is 0 Å². The van der Waals surface area contributed by atoms with E-state index in [2.05, 4.69) is 0 Å². The first kappa shape index (κ1) is 7.90. The Hall–Kier alpha value is -1.73. The zero-order valence-corrected chi connectivity index (χ0v) is 7.43. The largest absolute Gasteiger partial charge is 0.498 e. The van der Waals surface area contributed by atoms with Gasteiger partial charge >= 0.3 is 0 Å². The Morgan fingerprint density at radius 3 is 2.92 bits per heavy atom. The highest BCUT2D eigenvalue weighted by Gasteiger charge is 2.10. The predicted octanol–water partition coefficient (Wildman–Crippen LogP) is 2.06. The first-order valence-electron chi connectivity index (χ1n) is 3.64. The standard InChI is InChI=1S/C9H6N2OS/c10-4-5-2-1-3-6-7(5)8(11)9(12)13-6/h1-3,12H,11H2. The molecule has 0 saturated heterocycles. The molecule has 0 aliphatic carbocycles. The average Bonchev–Trinajstić information content (AvgIpc) is 2.43. The van der Waals surface area contributed by atoms with Gasteiger partial charge in [-0.25, -0.2) is 0 Å². The third kappa shape index (κ3) is 1.02. The molecule has 0 spiro atoms. The Morgan fingerprint density at radius 1 is 1.46 bits per heavy atom. The summed E-state index contributed by atoms with van der Waals surface area (Å²) in [5.74, 6) is 0. The summed E-state index contributed by atoms with van der Waals surface area (Å²) in [6, 6.07) is 7.33. The molecular weight excluding hydrogens is 184 g/mol. The molecule has 0 bridgehead atoms. The molecule has 13 heavy (non-hydrogen) atoms. The van der Waals surface area contributed by atoms with Gasteiger partial charge in [0, 0.05) is 10.1 Å². The van der Waals surface area contributed by atoms with Crippen LogP contribution in [-0.4, -0.2) is 5.11 Å². The van der Waals surface area contributed by atoms with Crippen molar-refractivity contribution in [3.63, 3.8) is 0 Å². The Kier molecular flexibility index (Phi) is 1.61. The van der Waals surface area contributed by atoms with Crippen LogP contribution in [0.3, 0.4) is 0 Å².